The Morgan fingerprint density at radius 2 is 1.87 bits per heavy atom. The zero-order chi connectivity index (χ0) is 16.3. The van der Waals surface area contributed by atoms with E-state index in [1.807, 2.05) is 18.7 Å². The van der Waals surface area contributed by atoms with E-state index < -0.39 is 10.0 Å². The highest BCUT2D eigenvalue weighted by molar-refractivity contribution is 14.0. The zero-order valence-corrected chi connectivity index (χ0v) is 18.2. The van der Waals surface area contributed by atoms with Crippen molar-refractivity contribution in [2.45, 2.75) is 33.1 Å². The largest absolute Gasteiger partial charge is 0.357 e. The minimum absolute atomic E-state index is 0. The summed E-state index contributed by atoms with van der Waals surface area (Å²) < 4.78 is 26.1. The van der Waals surface area contributed by atoms with Crippen LogP contribution in [-0.2, 0) is 10.0 Å². The molecule has 0 aromatic rings. The molecule has 1 rings (SSSR count). The summed E-state index contributed by atoms with van der Waals surface area (Å²) >= 11 is 1.81. The van der Waals surface area contributed by atoms with Crippen LogP contribution < -0.4 is 10.6 Å². The fraction of sp³-hybridized carbons (Fsp3) is 0.929. The highest BCUT2D eigenvalue weighted by Crippen LogP contribution is 2.12. The van der Waals surface area contributed by atoms with Gasteiger partial charge in [-0.1, -0.05) is 19.8 Å². The molecule has 0 spiro atoms. The van der Waals surface area contributed by atoms with Gasteiger partial charge in [0.25, 0.3) is 0 Å². The van der Waals surface area contributed by atoms with Gasteiger partial charge in [0.15, 0.2) is 5.96 Å². The lowest BCUT2D eigenvalue weighted by atomic mass is 10.2. The third kappa shape index (κ3) is 9.98. The van der Waals surface area contributed by atoms with E-state index in [2.05, 4.69) is 22.5 Å². The summed E-state index contributed by atoms with van der Waals surface area (Å²) in [5.41, 5.74) is 0. The fourth-order valence-corrected chi connectivity index (χ4v) is 4.64. The van der Waals surface area contributed by atoms with Gasteiger partial charge in [-0.2, -0.15) is 11.8 Å². The Morgan fingerprint density at radius 1 is 1.17 bits per heavy atom. The molecule has 23 heavy (non-hydrogen) atoms. The van der Waals surface area contributed by atoms with E-state index in [0.29, 0.717) is 25.6 Å². The Morgan fingerprint density at radius 3 is 2.48 bits per heavy atom. The van der Waals surface area contributed by atoms with Crippen LogP contribution in [0.1, 0.15) is 33.1 Å². The summed E-state index contributed by atoms with van der Waals surface area (Å²) in [5, 5.41) is 6.27. The van der Waals surface area contributed by atoms with E-state index in [1.165, 1.54) is 12.8 Å². The first-order valence-electron chi connectivity index (χ1n) is 8.18. The average Bonchev–Trinajstić information content (AvgIpc) is 2.52. The van der Waals surface area contributed by atoms with Crippen molar-refractivity contribution < 1.29 is 8.42 Å². The van der Waals surface area contributed by atoms with E-state index in [9.17, 15) is 8.42 Å². The van der Waals surface area contributed by atoms with Crippen LogP contribution in [0.5, 0.6) is 0 Å². The quantitative estimate of drug-likeness (QED) is 0.229. The summed E-state index contributed by atoms with van der Waals surface area (Å²) in [4.78, 5) is 4.47. The minimum atomic E-state index is -3.15. The standard InChI is InChI=1S/C14H30N4O2S2.HI/c1-3-5-6-7-16-14(15-4-2)17-8-13-22(19,20)18-9-11-21-12-10-18;/h3-13H2,1-2H3,(H2,15,16,17);1H. The molecule has 9 heteroatoms. The predicted octanol–water partition coefficient (Wildman–Crippen LogP) is 1.73. The number of sulfonamides is 1. The third-order valence-electron chi connectivity index (χ3n) is 3.39. The van der Waals surface area contributed by atoms with Crippen molar-refractivity contribution in [3.63, 3.8) is 0 Å². The highest BCUT2D eigenvalue weighted by Gasteiger charge is 2.23. The first-order chi connectivity index (χ1) is 10.6. The molecule has 0 aliphatic carbocycles. The molecule has 0 saturated carbocycles. The van der Waals surface area contributed by atoms with Crippen LogP contribution in [0, 0.1) is 0 Å². The van der Waals surface area contributed by atoms with Crippen molar-refractivity contribution in [3.05, 3.63) is 0 Å². The molecule has 1 heterocycles. The summed E-state index contributed by atoms with van der Waals surface area (Å²) in [6, 6.07) is 0. The highest BCUT2D eigenvalue weighted by atomic mass is 127. The Hall–Kier alpha value is 0.260. The Kier molecular flexibility index (Phi) is 13.7. The van der Waals surface area contributed by atoms with E-state index in [4.69, 9.17) is 0 Å². The van der Waals surface area contributed by atoms with Gasteiger partial charge in [-0.25, -0.2) is 12.7 Å². The first-order valence-corrected chi connectivity index (χ1v) is 10.9. The Labute approximate surface area is 162 Å². The van der Waals surface area contributed by atoms with Crippen LogP contribution in [0.15, 0.2) is 4.99 Å². The number of hydrogen-bond acceptors (Lipinski definition) is 4. The van der Waals surface area contributed by atoms with Crippen molar-refractivity contribution in [2.75, 3.05) is 50.0 Å². The Bertz CT molecular complexity index is 426. The lowest BCUT2D eigenvalue weighted by molar-refractivity contribution is 0.443. The molecule has 6 nitrogen and oxygen atoms in total. The number of nitrogens with one attached hydrogen (secondary N) is 2. The maximum Gasteiger partial charge on any atom is 0.215 e. The lowest BCUT2D eigenvalue weighted by Gasteiger charge is -2.25. The van der Waals surface area contributed by atoms with Gasteiger partial charge in [-0.3, -0.25) is 4.99 Å². The molecule has 0 unspecified atom stereocenters. The second-order valence-corrected chi connectivity index (χ2v) is 8.54. The molecule has 138 valence electrons. The number of guanidine groups is 1. The van der Waals surface area contributed by atoms with Crippen LogP contribution >= 0.6 is 35.7 Å². The molecule has 0 atom stereocenters. The summed E-state index contributed by atoms with van der Waals surface area (Å²) in [5.74, 6) is 2.63. The minimum Gasteiger partial charge on any atom is -0.357 e. The number of aliphatic imine (C=N–C) groups is 1. The number of hydrogen-bond donors (Lipinski definition) is 2. The van der Waals surface area contributed by atoms with Crippen LogP contribution in [0.2, 0.25) is 0 Å². The van der Waals surface area contributed by atoms with E-state index in [-0.39, 0.29) is 29.7 Å². The van der Waals surface area contributed by atoms with Gasteiger partial charge in [0, 0.05) is 44.2 Å². The molecule has 2 N–H and O–H groups in total. The normalized spacial score (nSPS) is 16.7. The molecule has 0 aromatic carbocycles. The predicted molar refractivity (Wildman–Crippen MR) is 112 cm³/mol. The number of nitrogens with zero attached hydrogens (tertiary/aromatic N) is 2. The molecule has 1 fully saturated rings. The lowest BCUT2D eigenvalue weighted by Crippen LogP contribution is -2.44. The number of halogens is 1. The summed E-state index contributed by atoms with van der Waals surface area (Å²) in [6.45, 7) is 7.39. The first kappa shape index (κ1) is 23.3. The number of thioether (sulfide) groups is 1. The average molecular weight is 478 g/mol. The zero-order valence-electron chi connectivity index (χ0n) is 14.2. The van der Waals surface area contributed by atoms with Gasteiger partial charge < -0.3 is 10.6 Å². The van der Waals surface area contributed by atoms with Crippen LogP contribution in [0.25, 0.3) is 0 Å². The molecular formula is C14H31IN4O2S2. The molecule has 1 aliphatic rings. The maximum atomic E-state index is 12.2. The number of unbranched alkanes of at least 4 members (excludes halogenated alkanes) is 2. The molecule has 0 radical (unpaired) electrons. The van der Waals surface area contributed by atoms with Crippen LogP contribution in [0.3, 0.4) is 0 Å². The molecule has 1 aliphatic heterocycles. The van der Waals surface area contributed by atoms with Crippen molar-refractivity contribution in [1.29, 1.82) is 0 Å². The summed E-state index contributed by atoms with van der Waals surface area (Å²) in [7, 11) is -3.15. The smallest absolute Gasteiger partial charge is 0.215 e. The maximum absolute atomic E-state index is 12.2. The van der Waals surface area contributed by atoms with Gasteiger partial charge in [-0.05, 0) is 13.3 Å². The van der Waals surface area contributed by atoms with E-state index in [1.54, 1.807) is 4.31 Å². The third-order valence-corrected chi connectivity index (χ3v) is 6.21. The van der Waals surface area contributed by atoms with Crippen LogP contribution in [-0.4, -0.2) is 68.7 Å². The molecule has 1 saturated heterocycles. The monoisotopic (exact) mass is 478 g/mol. The van der Waals surface area contributed by atoms with Gasteiger partial charge in [0.05, 0.1) is 5.75 Å². The second-order valence-electron chi connectivity index (χ2n) is 5.22. The molecule has 0 aromatic heterocycles. The van der Waals surface area contributed by atoms with Gasteiger partial charge >= 0.3 is 0 Å². The van der Waals surface area contributed by atoms with Crippen molar-refractivity contribution in [2.24, 2.45) is 4.99 Å². The van der Waals surface area contributed by atoms with Crippen molar-refractivity contribution in [1.82, 2.24) is 14.9 Å². The van der Waals surface area contributed by atoms with Crippen LogP contribution in [0.4, 0.5) is 0 Å². The fourth-order valence-electron chi connectivity index (χ4n) is 2.15. The van der Waals surface area contributed by atoms with Gasteiger partial charge in [0.2, 0.25) is 10.0 Å². The molecular weight excluding hydrogens is 447 g/mol. The topological polar surface area (TPSA) is 73.8 Å². The molecule has 0 bridgehead atoms. The van der Waals surface area contributed by atoms with Gasteiger partial charge in [0.1, 0.15) is 0 Å². The molecule has 0 amide bonds. The van der Waals surface area contributed by atoms with Crippen molar-refractivity contribution >= 4 is 51.7 Å². The van der Waals surface area contributed by atoms with Gasteiger partial charge in [-0.15, -0.1) is 24.0 Å². The number of rotatable bonds is 9. The van der Waals surface area contributed by atoms with E-state index >= 15 is 0 Å². The SMILES string of the molecule is CCCCCN=C(NCC)NCCS(=O)(=O)N1CCSCC1.I. The van der Waals surface area contributed by atoms with Crippen molar-refractivity contribution in [3.8, 4) is 0 Å². The Balaban J connectivity index is 0.00000484. The second kappa shape index (κ2) is 13.5. The van der Waals surface area contributed by atoms with E-state index in [0.717, 1.165) is 31.0 Å². The summed E-state index contributed by atoms with van der Waals surface area (Å²) in [6.07, 6.45) is 3.41.